The van der Waals surface area contributed by atoms with Crippen LogP contribution in [0.5, 0.6) is 0 Å². The highest BCUT2D eigenvalue weighted by molar-refractivity contribution is 5.85. The minimum Gasteiger partial charge on any atom is -0.342 e. The molecule has 1 unspecified atom stereocenters. The minimum absolute atomic E-state index is 0. The summed E-state index contributed by atoms with van der Waals surface area (Å²) in [6.07, 6.45) is 4.62. The lowest BCUT2D eigenvalue weighted by atomic mass is 9.94. The van der Waals surface area contributed by atoms with Crippen molar-refractivity contribution in [2.24, 2.45) is 5.92 Å². The molecule has 2 aliphatic heterocycles. The molecule has 3 heterocycles. The molecule has 21 heavy (non-hydrogen) atoms. The summed E-state index contributed by atoms with van der Waals surface area (Å²) in [6, 6.07) is 0. The first-order valence-electron chi connectivity index (χ1n) is 7.73. The molecule has 6 nitrogen and oxygen atoms in total. The molecule has 1 aromatic rings. The highest BCUT2D eigenvalue weighted by Gasteiger charge is 2.34. The van der Waals surface area contributed by atoms with Crippen LogP contribution in [0.3, 0.4) is 0 Å². The number of aromatic amines is 1. The van der Waals surface area contributed by atoms with Crippen LogP contribution in [-0.4, -0.2) is 52.2 Å². The maximum atomic E-state index is 12.3. The second kappa shape index (κ2) is 5.93. The van der Waals surface area contributed by atoms with Gasteiger partial charge < -0.3 is 10.2 Å². The zero-order valence-electron chi connectivity index (χ0n) is 12.0. The van der Waals surface area contributed by atoms with Gasteiger partial charge in [-0.05, 0) is 25.7 Å². The van der Waals surface area contributed by atoms with Crippen molar-refractivity contribution in [3.8, 4) is 0 Å². The van der Waals surface area contributed by atoms with Gasteiger partial charge in [0, 0.05) is 38.0 Å². The number of likely N-dealkylation sites (tertiary alicyclic amines) is 1. The van der Waals surface area contributed by atoms with Gasteiger partial charge >= 0.3 is 0 Å². The molecule has 0 aromatic carbocycles. The van der Waals surface area contributed by atoms with Crippen LogP contribution in [0.4, 0.5) is 0 Å². The van der Waals surface area contributed by atoms with Gasteiger partial charge in [-0.3, -0.25) is 9.89 Å². The van der Waals surface area contributed by atoms with E-state index in [-0.39, 0.29) is 18.3 Å². The third kappa shape index (κ3) is 2.92. The number of rotatable bonds is 3. The van der Waals surface area contributed by atoms with Crippen molar-refractivity contribution in [3.05, 3.63) is 11.6 Å². The van der Waals surface area contributed by atoms with Crippen LogP contribution in [-0.2, 0) is 4.79 Å². The van der Waals surface area contributed by atoms with Crippen LogP contribution in [0, 0.1) is 5.92 Å². The molecule has 1 aliphatic carbocycles. The number of aromatic nitrogens is 3. The van der Waals surface area contributed by atoms with Gasteiger partial charge in [0.15, 0.2) is 5.82 Å². The number of nitrogens with zero attached hydrogens (tertiary/aromatic N) is 3. The van der Waals surface area contributed by atoms with Crippen LogP contribution < -0.4 is 5.32 Å². The number of nitrogens with one attached hydrogen (secondary N) is 2. The number of amides is 1. The molecular formula is C14H22ClN5O. The van der Waals surface area contributed by atoms with E-state index in [1.165, 1.54) is 12.8 Å². The zero-order chi connectivity index (χ0) is 13.5. The SMILES string of the molecule is Cl.O=C(C1CNC1)N1CCCC(c2n[nH]c(C3CC3)n2)C1. The molecule has 3 fully saturated rings. The summed E-state index contributed by atoms with van der Waals surface area (Å²) in [5, 5.41) is 10.6. The molecular weight excluding hydrogens is 290 g/mol. The highest BCUT2D eigenvalue weighted by Crippen LogP contribution is 2.38. The number of piperidine rings is 1. The maximum absolute atomic E-state index is 12.3. The van der Waals surface area contributed by atoms with Crippen molar-refractivity contribution in [3.63, 3.8) is 0 Å². The molecule has 1 saturated carbocycles. The lowest BCUT2D eigenvalue weighted by Gasteiger charge is -2.36. The fourth-order valence-electron chi connectivity index (χ4n) is 3.12. The molecule has 116 valence electrons. The average Bonchev–Trinajstić information content (AvgIpc) is 3.15. The van der Waals surface area contributed by atoms with Gasteiger partial charge in [-0.25, -0.2) is 4.98 Å². The number of hydrogen-bond donors (Lipinski definition) is 2. The Hall–Kier alpha value is -1.14. The molecule has 1 amide bonds. The quantitative estimate of drug-likeness (QED) is 0.874. The van der Waals surface area contributed by atoms with E-state index in [0.29, 0.717) is 17.7 Å². The number of carbonyl (C=O) groups is 1. The van der Waals surface area contributed by atoms with Gasteiger partial charge in [0.25, 0.3) is 0 Å². The average molecular weight is 312 g/mol. The van der Waals surface area contributed by atoms with Crippen LogP contribution in [0.1, 0.15) is 49.2 Å². The Bertz CT molecular complexity index is 511. The van der Waals surface area contributed by atoms with E-state index >= 15 is 0 Å². The summed E-state index contributed by atoms with van der Waals surface area (Å²) in [4.78, 5) is 19.0. The minimum atomic E-state index is 0. The van der Waals surface area contributed by atoms with Gasteiger partial charge in [0.2, 0.25) is 5.91 Å². The lowest BCUT2D eigenvalue weighted by molar-refractivity contribution is -0.138. The molecule has 1 aromatic heterocycles. The largest absolute Gasteiger partial charge is 0.342 e. The van der Waals surface area contributed by atoms with Crippen molar-refractivity contribution in [2.75, 3.05) is 26.2 Å². The van der Waals surface area contributed by atoms with E-state index in [1.807, 2.05) is 4.90 Å². The molecule has 3 aliphatic rings. The Labute approximate surface area is 130 Å². The fourth-order valence-corrected chi connectivity index (χ4v) is 3.12. The summed E-state index contributed by atoms with van der Waals surface area (Å²) in [5.74, 6) is 3.39. The molecule has 1 atom stereocenters. The summed E-state index contributed by atoms with van der Waals surface area (Å²) in [6.45, 7) is 3.36. The molecule has 4 rings (SSSR count). The van der Waals surface area contributed by atoms with Crippen molar-refractivity contribution in [2.45, 2.75) is 37.5 Å². The Balaban J connectivity index is 0.00000132. The van der Waals surface area contributed by atoms with Crippen molar-refractivity contribution in [1.29, 1.82) is 0 Å². The van der Waals surface area contributed by atoms with Crippen molar-refractivity contribution >= 4 is 18.3 Å². The summed E-state index contributed by atoms with van der Waals surface area (Å²) in [7, 11) is 0. The van der Waals surface area contributed by atoms with Crippen molar-refractivity contribution < 1.29 is 4.79 Å². The molecule has 0 radical (unpaired) electrons. The van der Waals surface area contributed by atoms with Gasteiger partial charge in [-0.15, -0.1) is 12.4 Å². The molecule has 2 N–H and O–H groups in total. The Morgan fingerprint density at radius 3 is 2.67 bits per heavy atom. The molecule has 0 spiro atoms. The molecule has 2 saturated heterocycles. The Kier molecular flexibility index (Phi) is 4.17. The summed E-state index contributed by atoms with van der Waals surface area (Å²) < 4.78 is 0. The monoisotopic (exact) mass is 311 g/mol. The number of carbonyl (C=O) groups excluding carboxylic acids is 1. The van der Waals surface area contributed by atoms with E-state index in [1.54, 1.807) is 0 Å². The third-order valence-corrected chi connectivity index (χ3v) is 4.71. The maximum Gasteiger partial charge on any atom is 0.228 e. The molecule has 0 bridgehead atoms. The second-order valence-corrected chi connectivity index (χ2v) is 6.33. The summed E-state index contributed by atoms with van der Waals surface area (Å²) >= 11 is 0. The Morgan fingerprint density at radius 1 is 1.19 bits per heavy atom. The van der Waals surface area contributed by atoms with Crippen LogP contribution in [0.15, 0.2) is 0 Å². The van der Waals surface area contributed by atoms with Gasteiger partial charge in [-0.2, -0.15) is 5.10 Å². The fraction of sp³-hybridized carbons (Fsp3) is 0.786. The topological polar surface area (TPSA) is 73.9 Å². The van der Waals surface area contributed by atoms with Crippen molar-refractivity contribution in [1.82, 2.24) is 25.4 Å². The van der Waals surface area contributed by atoms with E-state index in [4.69, 9.17) is 0 Å². The Morgan fingerprint density at radius 2 is 2.00 bits per heavy atom. The number of hydrogen-bond acceptors (Lipinski definition) is 4. The number of H-pyrrole nitrogens is 1. The first-order chi connectivity index (χ1) is 9.81. The second-order valence-electron chi connectivity index (χ2n) is 6.33. The van der Waals surface area contributed by atoms with Gasteiger partial charge in [0.1, 0.15) is 5.82 Å². The smallest absolute Gasteiger partial charge is 0.228 e. The van der Waals surface area contributed by atoms with Gasteiger partial charge in [0.05, 0.1) is 5.92 Å². The standard InChI is InChI=1S/C14H21N5O.ClH/c20-14(11-6-15-7-11)19-5-1-2-10(8-19)13-16-12(17-18-13)9-3-4-9;/h9-11,15H,1-8H2,(H,16,17,18);1H. The van der Waals surface area contributed by atoms with E-state index < -0.39 is 0 Å². The summed E-state index contributed by atoms with van der Waals surface area (Å²) in [5.41, 5.74) is 0. The first kappa shape index (κ1) is 14.8. The van der Waals surface area contributed by atoms with Gasteiger partial charge in [-0.1, -0.05) is 0 Å². The first-order valence-corrected chi connectivity index (χ1v) is 7.73. The normalized spacial score (nSPS) is 26.1. The predicted molar refractivity (Wildman–Crippen MR) is 80.5 cm³/mol. The van der Waals surface area contributed by atoms with Crippen LogP contribution >= 0.6 is 12.4 Å². The van der Waals surface area contributed by atoms with E-state index in [0.717, 1.165) is 50.7 Å². The van der Waals surface area contributed by atoms with Crippen LogP contribution in [0.25, 0.3) is 0 Å². The van der Waals surface area contributed by atoms with E-state index in [2.05, 4.69) is 20.5 Å². The predicted octanol–water partition coefficient (Wildman–Crippen LogP) is 1.03. The lowest BCUT2D eigenvalue weighted by Crippen LogP contribution is -2.53. The molecule has 7 heteroatoms. The zero-order valence-corrected chi connectivity index (χ0v) is 12.9. The number of halogens is 1. The van der Waals surface area contributed by atoms with E-state index in [9.17, 15) is 4.79 Å². The third-order valence-electron chi connectivity index (χ3n) is 4.71. The van der Waals surface area contributed by atoms with Crippen LogP contribution in [0.2, 0.25) is 0 Å². The highest BCUT2D eigenvalue weighted by atomic mass is 35.5.